The van der Waals surface area contributed by atoms with E-state index in [1.165, 1.54) is 12.1 Å². The Morgan fingerprint density at radius 1 is 1.00 bits per heavy atom. The number of nitrogen functional groups attached to an aromatic ring is 1. The van der Waals surface area contributed by atoms with E-state index < -0.39 is 11.7 Å². The highest BCUT2D eigenvalue weighted by atomic mass is 19.4. The quantitative estimate of drug-likeness (QED) is 0.923. The van der Waals surface area contributed by atoms with Crippen LogP contribution in [-0.4, -0.2) is 4.98 Å². The van der Waals surface area contributed by atoms with E-state index in [1.807, 2.05) is 6.07 Å². The molecule has 100 valence electrons. The summed E-state index contributed by atoms with van der Waals surface area (Å²) in [6.07, 6.45) is -1.53. The second-order valence-electron chi connectivity index (χ2n) is 4.29. The number of rotatable bonds is 3. The molecule has 0 aliphatic rings. The minimum atomic E-state index is -4.29. The van der Waals surface area contributed by atoms with Gasteiger partial charge in [-0.15, -0.1) is 0 Å². The largest absolute Gasteiger partial charge is 0.416 e. The Bertz CT molecular complexity index is 565. The van der Waals surface area contributed by atoms with Crippen molar-refractivity contribution >= 4 is 5.82 Å². The maximum Gasteiger partial charge on any atom is 0.416 e. The van der Waals surface area contributed by atoms with Crippen LogP contribution in [-0.2, 0) is 19.0 Å². The number of halogens is 3. The van der Waals surface area contributed by atoms with Crippen LogP contribution in [0, 0.1) is 0 Å². The molecular formula is C14H13F3N2. The Kier molecular flexibility index (Phi) is 3.74. The summed E-state index contributed by atoms with van der Waals surface area (Å²) in [7, 11) is 0. The van der Waals surface area contributed by atoms with Crippen molar-refractivity contribution in [2.24, 2.45) is 0 Å². The number of anilines is 1. The van der Waals surface area contributed by atoms with E-state index in [9.17, 15) is 13.2 Å². The summed E-state index contributed by atoms with van der Waals surface area (Å²) in [4.78, 5) is 3.87. The highest BCUT2D eigenvalue weighted by Crippen LogP contribution is 2.29. The Hall–Kier alpha value is -2.04. The van der Waals surface area contributed by atoms with Crippen molar-refractivity contribution in [3.05, 3.63) is 59.3 Å². The summed E-state index contributed by atoms with van der Waals surface area (Å²) < 4.78 is 37.7. The molecule has 0 radical (unpaired) electrons. The highest BCUT2D eigenvalue weighted by Gasteiger charge is 2.30. The summed E-state index contributed by atoms with van der Waals surface area (Å²) in [6.45, 7) is 0. The number of hydrogen-bond acceptors (Lipinski definition) is 2. The zero-order valence-electron chi connectivity index (χ0n) is 10.1. The van der Waals surface area contributed by atoms with Crippen LogP contribution in [0.5, 0.6) is 0 Å². The molecule has 0 fully saturated rings. The van der Waals surface area contributed by atoms with Gasteiger partial charge in [0.05, 0.1) is 5.56 Å². The Labute approximate surface area is 109 Å². The van der Waals surface area contributed by atoms with Crippen molar-refractivity contribution in [2.45, 2.75) is 19.0 Å². The molecule has 1 aromatic heterocycles. The topological polar surface area (TPSA) is 38.9 Å². The van der Waals surface area contributed by atoms with Gasteiger partial charge >= 0.3 is 6.18 Å². The minimum Gasteiger partial charge on any atom is -0.384 e. The molecule has 0 unspecified atom stereocenters. The van der Waals surface area contributed by atoms with Gasteiger partial charge in [0.25, 0.3) is 0 Å². The van der Waals surface area contributed by atoms with Gasteiger partial charge in [-0.05, 0) is 42.2 Å². The van der Waals surface area contributed by atoms with Crippen molar-refractivity contribution in [2.75, 3.05) is 5.73 Å². The van der Waals surface area contributed by atoms with E-state index in [-0.39, 0.29) is 0 Å². The number of nitrogens with two attached hydrogens (primary N) is 1. The maximum absolute atomic E-state index is 12.6. The van der Waals surface area contributed by atoms with E-state index in [0.29, 0.717) is 24.2 Å². The van der Waals surface area contributed by atoms with Crippen LogP contribution in [0.4, 0.5) is 19.0 Å². The molecule has 0 atom stereocenters. The molecule has 1 aromatic carbocycles. The number of benzene rings is 1. The number of hydrogen-bond donors (Lipinski definition) is 1. The summed E-state index contributed by atoms with van der Waals surface area (Å²) >= 11 is 0. The standard InChI is InChI=1S/C14H13F3N2/c15-14(16,17)12-3-1-2-10(8-12)4-5-11-6-7-19-13(18)9-11/h1-3,6-9H,4-5H2,(H2,18,19). The van der Waals surface area contributed by atoms with Gasteiger partial charge in [-0.25, -0.2) is 4.98 Å². The second kappa shape index (κ2) is 5.30. The molecule has 2 rings (SSSR count). The van der Waals surface area contributed by atoms with Gasteiger partial charge < -0.3 is 5.73 Å². The van der Waals surface area contributed by atoms with Gasteiger partial charge in [0, 0.05) is 6.20 Å². The molecule has 0 spiro atoms. The molecule has 2 nitrogen and oxygen atoms in total. The van der Waals surface area contributed by atoms with Crippen LogP contribution >= 0.6 is 0 Å². The summed E-state index contributed by atoms with van der Waals surface area (Å²) in [5, 5.41) is 0. The number of alkyl halides is 3. The lowest BCUT2D eigenvalue weighted by atomic mass is 10.0. The third-order valence-corrected chi connectivity index (χ3v) is 2.80. The zero-order chi connectivity index (χ0) is 13.9. The Balaban J connectivity index is 2.08. The number of pyridine rings is 1. The normalized spacial score (nSPS) is 11.5. The van der Waals surface area contributed by atoms with Gasteiger partial charge in [0.15, 0.2) is 0 Å². The Morgan fingerprint density at radius 3 is 2.32 bits per heavy atom. The predicted molar refractivity (Wildman–Crippen MR) is 67.5 cm³/mol. The molecule has 0 aliphatic carbocycles. The van der Waals surface area contributed by atoms with Crippen LogP contribution < -0.4 is 5.73 Å². The van der Waals surface area contributed by atoms with Crippen LogP contribution in [0.3, 0.4) is 0 Å². The van der Waals surface area contributed by atoms with Crippen LogP contribution in [0.1, 0.15) is 16.7 Å². The molecular weight excluding hydrogens is 253 g/mol. The van der Waals surface area contributed by atoms with Crippen molar-refractivity contribution in [3.63, 3.8) is 0 Å². The smallest absolute Gasteiger partial charge is 0.384 e. The second-order valence-corrected chi connectivity index (χ2v) is 4.29. The average molecular weight is 266 g/mol. The maximum atomic E-state index is 12.6. The van der Waals surface area contributed by atoms with Crippen LogP contribution in [0.2, 0.25) is 0 Å². The molecule has 0 bridgehead atoms. The number of aromatic nitrogens is 1. The third kappa shape index (κ3) is 3.71. The lowest BCUT2D eigenvalue weighted by Gasteiger charge is -2.08. The van der Waals surface area contributed by atoms with E-state index in [0.717, 1.165) is 11.6 Å². The summed E-state index contributed by atoms with van der Waals surface area (Å²) in [6, 6.07) is 8.93. The van der Waals surface area contributed by atoms with E-state index in [4.69, 9.17) is 5.73 Å². The van der Waals surface area contributed by atoms with Gasteiger partial charge in [-0.3, -0.25) is 0 Å². The first-order chi connectivity index (χ1) is 8.95. The SMILES string of the molecule is Nc1cc(CCc2cccc(C(F)(F)F)c2)ccn1. The van der Waals surface area contributed by atoms with Crippen LogP contribution in [0.25, 0.3) is 0 Å². The molecule has 0 saturated carbocycles. The molecule has 0 saturated heterocycles. The zero-order valence-corrected chi connectivity index (χ0v) is 10.1. The molecule has 1 heterocycles. The van der Waals surface area contributed by atoms with E-state index in [2.05, 4.69) is 4.98 Å². The highest BCUT2D eigenvalue weighted by molar-refractivity contribution is 5.33. The first-order valence-electron chi connectivity index (χ1n) is 5.82. The fourth-order valence-corrected chi connectivity index (χ4v) is 1.84. The lowest BCUT2D eigenvalue weighted by Crippen LogP contribution is -2.05. The minimum absolute atomic E-state index is 0.418. The molecule has 0 aliphatic heterocycles. The molecule has 0 amide bonds. The molecule has 5 heteroatoms. The van der Waals surface area contributed by atoms with Gasteiger partial charge in [0.2, 0.25) is 0 Å². The first-order valence-corrected chi connectivity index (χ1v) is 5.82. The fraction of sp³-hybridized carbons (Fsp3) is 0.214. The van der Waals surface area contributed by atoms with Crippen molar-refractivity contribution in [1.29, 1.82) is 0 Å². The Morgan fingerprint density at radius 2 is 1.68 bits per heavy atom. The monoisotopic (exact) mass is 266 g/mol. The van der Waals surface area contributed by atoms with Crippen molar-refractivity contribution in [1.82, 2.24) is 4.98 Å². The molecule has 2 aromatic rings. The van der Waals surface area contributed by atoms with Crippen LogP contribution in [0.15, 0.2) is 42.6 Å². The molecule has 19 heavy (non-hydrogen) atoms. The van der Waals surface area contributed by atoms with Gasteiger partial charge in [-0.1, -0.05) is 18.2 Å². The third-order valence-electron chi connectivity index (χ3n) is 2.80. The van der Waals surface area contributed by atoms with Gasteiger partial charge in [-0.2, -0.15) is 13.2 Å². The van der Waals surface area contributed by atoms with E-state index >= 15 is 0 Å². The predicted octanol–water partition coefficient (Wildman–Crippen LogP) is 3.47. The number of nitrogens with zero attached hydrogens (tertiary/aromatic N) is 1. The number of aryl methyl sites for hydroxylation is 2. The first kappa shape index (κ1) is 13.4. The average Bonchev–Trinajstić information content (AvgIpc) is 2.36. The summed E-state index contributed by atoms with van der Waals surface area (Å²) in [5.41, 5.74) is 6.56. The lowest BCUT2D eigenvalue weighted by molar-refractivity contribution is -0.137. The van der Waals surface area contributed by atoms with Crippen molar-refractivity contribution in [3.8, 4) is 0 Å². The van der Waals surface area contributed by atoms with Gasteiger partial charge in [0.1, 0.15) is 5.82 Å². The summed E-state index contributed by atoms with van der Waals surface area (Å²) in [5.74, 6) is 0.418. The van der Waals surface area contributed by atoms with Crippen molar-refractivity contribution < 1.29 is 13.2 Å². The van der Waals surface area contributed by atoms with E-state index in [1.54, 1.807) is 18.3 Å². The fourth-order valence-electron chi connectivity index (χ4n) is 1.84. The molecule has 2 N–H and O–H groups in total.